The minimum Gasteiger partial charge on any atom is -0.355 e. The average molecular weight is 631 g/mol. The van der Waals surface area contributed by atoms with Gasteiger partial charge in [0.1, 0.15) is 12.6 Å². The number of carbonyl (C=O) groups excluding carboxylic acids is 2. The first kappa shape index (κ1) is 31.0. The van der Waals surface area contributed by atoms with Gasteiger partial charge in [0, 0.05) is 24.5 Å². The number of hydrogen-bond donors (Lipinski definition) is 1. The number of likely N-dealkylation sites (N-methyl/N-ethyl adjacent to an activating group) is 1. The summed E-state index contributed by atoms with van der Waals surface area (Å²) < 4.78 is 26.6. The van der Waals surface area contributed by atoms with E-state index in [1.807, 2.05) is 30.3 Å². The second-order valence-corrected chi connectivity index (χ2v) is 12.3. The van der Waals surface area contributed by atoms with Gasteiger partial charge in [-0.25, -0.2) is 8.42 Å². The maximum absolute atomic E-state index is 14.0. The fraction of sp³-hybridized carbons (Fsp3) is 0.259. The van der Waals surface area contributed by atoms with E-state index in [1.165, 1.54) is 17.0 Å². The molecule has 0 radical (unpaired) electrons. The van der Waals surface area contributed by atoms with Crippen LogP contribution in [0.25, 0.3) is 0 Å². The van der Waals surface area contributed by atoms with Crippen molar-refractivity contribution in [1.82, 2.24) is 10.2 Å². The smallest absolute Gasteiger partial charge is 0.244 e. The lowest BCUT2D eigenvalue weighted by Crippen LogP contribution is -2.53. The third-order valence-corrected chi connectivity index (χ3v) is 8.23. The van der Waals surface area contributed by atoms with Crippen molar-refractivity contribution in [2.45, 2.75) is 25.9 Å². The van der Waals surface area contributed by atoms with E-state index in [-0.39, 0.29) is 39.6 Å². The van der Waals surface area contributed by atoms with Crippen molar-refractivity contribution in [2.75, 3.05) is 23.7 Å². The highest BCUT2D eigenvalue weighted by Gasteiger charge is 2.33. The zero-order valence-corrected chi connectivity index (χ0v) is 25.0. The molecule has 0 unspecified atom stereocenters. The van der Waals surface area contributed by atoms with Gasteiger partial charge in [-0.3, -0.25) is 13.9 Å². The van der Waals surface area contributed by atoms with E-state index in [9.17, 15) is 18.0 Å². The molecule has 0 heterocycles. The molecule has 0 aromatic heterocycles. The molecule has 39 heavy (non-hydrogen) atoms. The number of amides is 2. The number of benzene rings is 3. The van der Waals surface area contributed by atoms with Gasteiger partial charge in [-0.05, 0) is 42.3 Å². The normalized spacial score (nSPS) is 12.1. The van der Waals surface area contributed by atoms with Gasteiger partial charge in [0.25, 0.3) is 0 Å². The van der Waals surface area contributed by atoms with Gasteiger partial charge in [-0.2, -0.15) is 0 Å². The Hall–Kier alpha value is -2.49. The minimum absolute atomic E-state index is 0.00330. The highest BCUT2D eigenvalue weighted by molar-refractivity contribution is 7.92. The van der Waals surface area contributed by atoms with Crippen LogP contribution < -0.4 is 9.62 Å². The van der Waals surface area contributed by atoms with Gasteiger partial charge < -0.3 is 10.2 Å². The van der Waals surface area contributed by atoms with Crippen LogP contribution in [0.1, 0.15) is 18.1 Å². The second kappa shape index (κ2) is 13.7. The van der Waals surface area contributed by atoms with Crippen LogP contribution in [0.3, 0.4) is 0 Å². The molecule has 208 valence electrons. The quantitative estimate of drug-likeness (QED) is 0.270. The minimum atomic E-state index is -4.01. The molecule has 3 aromatic rings. The molecular formula is C27H27Cl4N3O4S. The Labute approximate surface area is 248 Å². The first-order chi connectivity index (χ1) is 18.4. The number of carbonyl (C=O) groups is 2. The first-order valence-electron chi connectivity index (χ1n) is 11.9. The summed E-state index contributed by atoms with van der Waals surface area (Å²) in [7, 11) is -4.01. The van der Waals surface area contributed by atoms with Crippen LogP contribution in [0.15, 0.2) is 66.7 Å². The molecule has 0 aliphatic carbocycles. The molecule has 1 atom stereocenters. The van der Waals surface area contributed by atoms with Crippen LogP contribution in [0.4, 0.5) is 5.69 Å². The summed E-state index contributed by atoms with van der Waals surface area (Å²) in [5.74, 6) is -0.994. The topological polar surface area (TPSA) is 86.8 Å². The molecule has 0 spiro atoms. The summed E-state index contributed by atoms with van der Waals surface area (Å²) in [5, 5.41) is 3.51. The van der Waals surface area contributed by atoms with E-state index in [1.54, 1.807) is 31.2 Å². The van der Waals surface area contributed by atoms with E-state index in [0.717, 1.165) is 16.1 Å². The fourth-order valence-corrected chi connectivity index (χ4v) is 5.60. The summed E-state index contributed by atoms with van der Waals surface area (Å²) >= 11 is 24.5. The van der Waals surface area contributed by atoms with E-state index < -0.39 is 28.5 Å². The van der Waals surface area contributed by atoms with Crippen molar-refractivity contribution in [1.29, 1.82) is 0 Å². The van der Waals surface area contributed by atoms with Crippen LogP contribution in [0.5, 0.6) is 0 Å². The summed E-state index contributed by atoms with van der Waals surface area (Å²) in [5.41, 5.74) is 1.52. The molecule has 3 aromatic carbocycles. The standard InChI is InChI=1S/C27H27Cl4N3O4S/c1-3-32-27(36)25(13-18-7-5-4-6-8-18)33(16-19-9-11-20(28)12-10-19)26(35)17-34(39(2,37)38)24-15-22(30)21(29)14-23(24)31/h4-12,14-15,25H,3,13,16-17H2,1-2H3,(H,32,36)/t25-/m0/s1. The largest absolute Gasteiger partial charge is 0.355 e. The van der Waals surface area contributed by atoms with Crippen molar-refractivity contribution in [2.24, 2.45) is 0 Å². The monoisotopic (exact) mass is 629 g/mol. The van der Waals surface area contributed by atoms with Crippen LogP contribution in [0.2, 0.25) is 20.1 Å². The third-order valence-electron chi connectivity index (χ3n) is 5.83. The van der Waals surface area contributed by atoms with Crippen LogP contribution in [0, 0.1) is 0 Å². The third kappa shape index (κ3) is 8.50. The lowest BCUT2D eigenvalue weighted by Gasteiger charge is -2.33. The van der Waals surface area contributed by atoms with Crippen molar-refractivity contribution < 1.29 is 18.0 Å². The maximum atomic E-state index is 14.0. The average Bonchev–Trinajstić information content (AvgIpc) is 2.88. The Bertz CT molecular complexity index is 1420. The zero-order chi connectivity index (χ0) is 28.7. The Kier molecular flexibility index (Phi) is 10.9. The lowest BCUT2D eigenvalue weighted by atomic mass is 10.0. The molecule has 0 fully saturated rings. The molecule has 0 aliphatic heterocycles. The predicted octanol–water partition coefficient (Wildman–Crippen LogP) is 5.84. The van der Waals surface area contributed by atoms with Gasteiger partial charge in [0.05, 0.1) is 27.0 Å². The number of sulfonamides is 1. The molecule has 7 nitrogen and oxygen atoms in total. The summed E-state index contributed by atoms with van der Waals surface area (Å²) in [6.07, 6.45) is 1.16. The molecule has 0 aliphatic rings. The Morgan fingerprint density at radius 3 is 2.08 bits per heavy atom. The SMILES string of the molecule is CCNC(=O)[C@H](Cc1ccccc1)N(Cc1ccc(Cl)cc1)C(=O)CN(c1cc(Cl)c(Cl)cc1Cl)S(C)(=O)=O. The Morgan fingerprint density at radius 2 is 1.49 bits per heavy atom. The molecular weight excluding hydrogens is 604 g/mol. The van der Waals surface area contributed by atoms with E-state index in [0.29, 0.717) is 17.1 Å². The Balaban J connectivity index is 2.07. The molecule has 0 saturated carbocycles. The zero-order valence-electron chi connectivity index (χ0n) is 21.2. The van der Waals surface area contributed by atoms with Gasteiger partial charge in [-0.15, -0.1) is 0 Å². The van der Waals surface area contributed by atoms with Gasteiger partial charge in [0.2, 0.25) is 21.8 Å². The van der Waals surface area contributed by atoms with E-state index in [2.05, 4.69) is 5.32 Å². The lowest BCUT2D eigenvalue weighted by molar-refractivity contribution is -0.140. The van der Waals surface area contributed by atoms with Crippen LogP contribution in [-0.4, -0.2) is 50.5 Å². The first-order valence-corrected chi connectivity index (χ1v) is 15.2. The maximum Gasteiger partial charge on any atom is 0.244 e. The van der Waals surface area contributed by atoms with Gasteiger partial charge >= 0.3 is 0 Å². The number of nitrogens with one attached hydrogen (secondary N) is 1. The van der Waals surface area contributed by atoms with Crippen LogP contribution in [-0.2, 0) is 32.6 Å². The van der Waals surface area contributed by atoms with E-state index >= 15 is 0 Å². The second-order valence-electron chi connectivity index (χ2n) is 8.74. The Morgan fingerprint density at radius 1 is 0.872 bits per heavy atom. The highest BCUT2D eigenvalue weighted by atomic mass is 35.5. The summed E-state index contributed by atoms with van der Waals surface area (Å²) in [6, 6.07) is 17.7. The molecule has 0 saturated heterocycles. The molecule has 2 amide bonds. The van der Waals surface area contributed by atoms with E-state index in [4.69, 9.17) is 46.4 Å². The fourth-order valence-electron chi connectivity index (χ4n) is 3.93. The van der Waals surface area contributed by atoms with Gasteiger partial charge in [-0.1, -0.05) is 88.9 Å². The molecule has 0 bridgehead atoms. The molecule has 12 heteroatoms. The number of anilines is 1. The van der Waals surface area contributed by atoms with Gasteiger partial charge in [0.15, 0.2) is 0 Å². The molecule has 1 N–H and O–H groups in total. The predicted molar refractivity (Wildman–Crippen MR) is 158 cm³/mol. The van der Waals surface area contributed by atoms with Crippen molar-refractivity contribution in [3.05, 3.63) is 97.9 Å². The summed E-state index contributed by atoms with van der Waals surface area (Å²) in [6.45, 7) is 1.52. The highest BCUT2D eigenvalue weighted by Crippen LogP contribution is 2.35. The van der Waals surface area contributed by atoms with Crippen molar-refractivity contribution >= 4 is 73.9 Å². The summed E-state index contributed by atoms with van der Waals surface area (Å²) in [4.78, 5) is 28.6. The number of nitrogens with zero attached hydrogens (tertiary/aromatic N) is 2. The number of hydrogen-bond acceptors (Lipinski definition) is 4. The number of halogens is 4. The van der Waals surface area contributed by atoms with Crippen molar-refractivity contribution in [3.63, 3.8) is 0 Å². The van der Waals surface area contributed by atoms with Crippen molar-refractivity contribution in [3.8, 4) is 0 Å². The number of rotatable bonds is 11. The van der Waals surface area contributed by atoms with Crippen LogP contribution >= 0.6 is 46.4 Å². The molecule has 3 rings (SSSR count).